The molecule has 9 nitrogen and oxygen atoms in total. The number of hydrogen-bond acceptors (Lipinski definition) is 8. The van der Waals surface area contributed by atoms with Crippen molar-refractivity contribution in [2.24, 2.45) is 5.73 Å². The molecule has 0 saturated carbocycles. The number of fused-ring (bicyclic) bond motifs is 2. The van der Waals surface area contributed by atoms with Gasteiger partial charge in [-0.25, -0.2) is 19.0 Å². The number of anilines is 1. The molecule has 0 radical (unpaired) electrons. The summed E-state index contributed by atoms with van der Waals surface area (Å²) in [4.78, 5) is 16.3. The Balaban J connectivity index is 1.29. The summed E-state index contributed by atoms with van der Waals surface area (Å²) in [5, 5.41) is 16.9. The molecule has 2 aliphatic heterocycles. The molecule has 37 heavy (non-hydrogen) atoms. The lowest BCUT2D eigenvalue weighted by Gasteiger charge is -2.28. The minimum absolute atomic E-state index is 0.0546. The van der Waals surface area contributed by atoms with Crippen molar-refractivity contribution < 1.29 is 4.39 Å². The van der Waals surface area contributed by atoms with Crippen LogP contribution in [-0.4, -0.2) is 50.1 Å². The molecule has 4 aromatic rings. The second-order valence-corrected chi connectivity index (χ2v) is 9.30. The summed E-state index contributed by atoms with van der Waals surface area (Å²) in [7, 11) is 0. The maximum Gasteiger partial charge on any atom is 0.178 e. The molecular weight excluding hydrogens is 493 g/mol. The van der Waals surface area contributed by atoms with E-state index in [2.05, 4.69) is 26.4 Å². The maximum absolute atomic E-state index is 14.4. The van der Waals surface area contributed by atoms with Crippen molar-refractivity contribution in [3.05, 3.63) is 88.6 Å². The number of nitrogens with zero attached hydrogens (tertiary/aromatic N) is 6. The second kappa shape index (κ2) is 9.38. The lowest BCUT2D eigenvalue weighted by atomic mass is 9.99. The average molecular weight is 516 g/mol. The van der Waals surface area contributed by atoms with Crippen molar-refractivity contribution in [2.45, 2.75) is 13.1 Å². The fourth-order valence-corrected chi connectivity index (χ4v) is 4.76. The van der Waals surface area contributed by atoms with Crippen LogP contribution in [-0.2, 0) is 13.1 Å². The summed E-state index contributed by atoms with van der Waals surface area (Å²) in [6.07, 6.45) is 5.21. The fraction of sp³-hybridized carbons (Fsp3) is 0.192. The highest BCUT2D eigenvalue weighted by Gasteiger charge is 2.23. The van der Waals surface area contributed by atoms with E-state index in [1.165, 1.54) is 24.4 Å². The number of rotatable bonds is 5. The fourth-order valence-electron chi connectivity index (χ4n) is 4.59. The van der Waals surface area contributed by atoms with Crippen LogP contribution in [0.25, 0.3) is 22.2 Å². The topological polar surface area (TPSA) is 122 Å². The Morgan fingerprint density at radius 3 is 2.84 bits per heavy atom. The number of nitrogens with two attached hydrogens (primary N) is 1. The van der Waals surface area contributed by atoms with Gasteiger partial charge in [-0.15, -0.1) is 0 Å². The van der Waals surface area contributed by atoms with E-state index in [4.69, 9.17) is 32.7 Å². The van der Waals surface area contributed by atoms with Crippen molar-refractivity contribution in [1.82, 2.24) is 30.0 Å². The Bertz CT molecular complexity index is 1610. The minimum atomic E-state index is -0.555. The Labute approximate surface area is 217 Å². The van der Waals surface area contributed by atoms with Crippen molar-refractivity contribution >= 4 is 45.2 Å². The number of pyridine rings is 2. The van der Waals surface area contributed by atoms with Gasteiger partial charge < -0.3 is 16.0 Å². The van der Waals surface area contributed by atoms with Crippen LogP contribution in [0, 0.1) is 11.2 Å². The third-order valence-electron chi connectivity index (χ3n) is 6.56. The zero-order valence-electron chi connectivity index (χ0n) is 19.7. The summed E-state index contributed by atoms with van der Waals surface area (Å²) in [5.41, 5.74) is 9.94. The summed E-state index contributed by atoms with van der Waals surface area (Å²) >= 11 is 6.03. The van der Waals surface area contributed by atoms with Gasteiger partial charge in [-0.2, -0.15) is 5.10 Å². The van der Waals surface area contributed by atoms with Gasteiger partial charge in [-0.1, -0.05) is 17.7 Å². The van der Waals surface area contributed by atoms with E-state index < -0.39 is 5.82 Å². The maximum atomic E-state index is 14.4. The number of aromatic nitrogens is 5. The Morgan fingerprint density at radius 2 is 2.03 bits per heavy atom. The van der Waals surface area contributed by atoms with Gasteiger partial charge in [0.05, 0.1) is 47.4 Å². The van der Waals surface area contributed by atoms with Crippen LogP contribution in [0.2, 0.25) is 5.02 Å². The molecule has 0 fully saturated rings. The van der Waals surface area contributed by atoms with Crippen LogP contribution < -0.4 is 16.0 Å². The van der Waals surface area contributed by atoms with Crippen molar-refractivity contribution in [1.29, 1.82) is 5.41 Å². The van der Waals surface area contributed by atoms with Gasteiger partial charge >= 0.3 is 0 Å². The van der Waals surface area contributed by atoms with E-state index in [1.54, 1.807) is 6.07 Å². The van der Waals surface area contributed by atoms with E-state index in [-0.39, 0.29) is 11.3 Å². The van der Waals surface area contributed by atoms with Crippen molar-refractivity contribution in [2.75, 3.05) is 24.5 Å². The first-order valence-electron chi connectivity index (χ1n) is 11.8. The number of halogens is 2. The third-order valence-corrected chi connectivity index (χ3v) is 6.79. The summed E-state index contributed by atoms with van der Waals surface area (Å²) < 4.78 is 16.4. The van der Waals surface area contributed by atoms with Crippen LogP contribution >= 0.6 is 11.6 Å². The van der Waals surface area contributed by atoms with E-state index in [0.717, 1.165) is 49.1 Å². The normalized spacial score (nSPS) is 15.7. The van der Waals surface area contributed by atoms with Gasteiger partial charge in [0.1, 0.15) is 11.6 Å². The van der Waals surface area contributed by atoms with E-state index in [0.29, 0.717) is 33.9 Å². The Hall–Kier alpha value is -4.15. The molecule has 6 rings (SSSR count). The molecule has 2 aliphatic rings. The van der Waals surface area contributed by atoms with E-state index in [9.17, 15) is 4.39 Å². The molecule has 3 aromatic heterocycles. The minimum Gasteiger partial charge on any atom is -0.404 e. The highest BCUT2D eigenvalue weighted by molar-refractivity contribution is 6.33. The predicted octanol–water partition coefficient (Wildman–Crippen LogP) is 3.39. The first kappa shape index (κ1) is 23.3. The lowest BCUT2D eigenvalue weighted by Crippen LogP contribution is -2.34. The number of benzene rings is 1. The van der Waals surface area contributed by atoms with Crippen LogP contribution in [0.15, 0.2) is 54.9 Å². The van der Waals surface area contributed by atoms with Crippen LogP contribution in [0.4, 0.5) is 10.1 Å². The zero-order valence-corrected chi connectivity index (χ0v) is 20.5. The molecule has 0 saturated heterocycles. The van der Waals surface area contributed by atoms with Crippen LogP contribution in [0.5, 0.6) is 0 Å². The smallest absolute Gasteiger partial charge is 0.178 e. The quantitative estimate of drug-likeness (QED) is 0.348. The van der Waals surface area contributed by atoms with Crippen molar-refractivity contribution in [3.63, 3.8) is 0 Å². The monoisotopic (exact) mass is 515 g/mol. The SMILES string of the molecule is N=C(/C(=C\N)c1ccc2ncc(N3CCn4nc(C5=CCNC5)nc4C3)cc2n1)c1cc(Cl)ccc1F. The highest BCUT2D eigenvalue weighted by Crippen LogP contribution is 2.27. The summed E-state index contributed by atoms with van der Waals surface area (Å²) in [5.74, 6) is 1.13. The molecule has 11 heteroatoms. The zero-order chi connectivity index (χ0) is 25.5. The molecule has 5 heterocycles. The summed E-state index contributed by atoms with van der Waals surface area (Å²) in [6, 6.07) is 9.57. The number of allylic oxidation sites excluding steroid dienone is 1. The molecule has 4 N–H and O–H groups in total. The molecular formula is C26H23ClFN9. The third kappa shape index (κ3) is 4.34. The Morgan fingerprint density at radius 1 is 1.14 bits per heavy atom. The molecule has 0 bridgehead atoms. The molecule has 0 spiro atoms. The van der Waals surface area contributed by atoms with Gasteiger partial charge in [0.2, 0.25) is 0 Å². The van der Waals surface area contributed by atoms with Gasteiger partial charge in [0, 0.05) is 47.6 Å². The van der Waals surface area contributed by atoms with Gasteiger partial charge in [0.25, 0.3) is 0 Å². The van der Waals surface area contributed by atoms with E-state index in [1.807, 2.05) is 23.0 Å². The summed E-state index contributed by atoms with van der Waals surface area (Å²) in [6.45, 7) is 3.71. The van der Waals surface area contributed by atoms with Crippen LogP contribution in [0.1, 0.15) is 22.9 Å². The van der Waals surface area contributed by atoms with Crippen LogP contribution in [0.3, 0.4) is 0 Å². The first-order valence-corrected chi connectivity index (χ1v) is 12.2. The molecule has 0 unspecified atom stereocenters. The standard InChI is InChI=1S/C26H23ClFN9/c27-16-1-2-20(28)18(9-16)25(30)19(11-29)21-3-4-22-23(33-21)10-17(13-32-22)36-7-8-37-24(14-36)34-26(35-37)15-5-6-31-12-15/h1-5,9-11,13,30-31H,6-8,12,14,29H2/b19-11-,30-25?. The van der Waals surface area contributed by atoms with Gasteiger partial charge in [-0.05, 0) is 36.4 Å². The van der Waals surface area contributed by atoms with Gasteiger partial charge in [0.15, 0.2) is 5.82 Å². The Kier molecular flexibility index (Phi) is 5.90. The first-order chi connectivity index (χ1) is 18.0. The van der Waals surface area contributed by atoms with Crippen molar-refractivity contribution in [3.8, 4) is 0 Å². The molecule has 1 aromatic carbocycles. The highest BCUT2D eigenvalue weighted by atomic mass is 35.5. The molecule has 0 atom stereocenters. The molecule has 186 valence electrons. The number of nitrogens with one attached hydrogen (secondary N) is 2. The van der Waals surface area contributed by atoms with Gasteiger partial charge in [-0.3, -0.25) is 10.4 Å². The second-order valence-electron chi connectivity index (χ2n) is 8.86. The molecule has 0 amide bonds. The molecule has 0 aliphatic carbocycles. The average Bonchev–Trinajstić information content (AvgIpc) is 3.60. The van der Waals surface area contributed by atoms with E-state index >= 15 is 0 Å². The lowest BCUT2D eigenvalue weighted by molar-refractivity contribution is 0.512. The predicted molar refractivity (Wildman–Crippen MR) is 142 cm³/mol. The largest absolute Gasteiger partial charge is 0.404 e. The number of hydrogen-bond donors (Lipinski definition) is 3.